The molecule has 0 bridgehead atoms. The van der Waals surface area contributed by atoms with Gasteiger partial charge in [0.15, 0.2) is 0 Å². The minimum absolute atomic E-state index is 0.0239. The van der Waals surface area contributed by atoms with E-state index < -0.39 is 41.2 Å². The molecule has 0 aliphatic heterocycles. The Balaban J connectivity index is 1.60. The van der Waals surface area contributed by atoms with Crippen LogP contribution in [0.4, 0.5) is 22.4 Å². The Morgan fingerprint density at radius 3 is 2.43 bits per heavy atom. The summed E-state index contributed by atoms with van der Waals surface area (Å²) >= 11 is 0. The van der Waals surface area contributed by atoms with Crippen LogP contribution in [0.2, 0.25) is 0 Å². The zero-order chi connectivity index (χ0) is 33.4. The Labute approximate surface area is 263 Å². The van der Waals surface area contributed by atoms with Gasteiger partial charge in [0.2, 0.25) is 0 Å². The fourth-order valence-corrected chi connectivity index (χ4v) is 5.82. The van der Waals surface area contributed by atoms with Crippen molar-refractivity contribution in [2.75, 3.05) is 14.2 Å². The van der Waals surface area contributed by atoms with Crippen molar-refractivity contribution in [3.05, 3.63) is 82.3 Å². The average Bonchev–Trinajstić information content (AvgIpc) is 3.36. The first-order chi connectivity index (χ1) is 21.7. The molecule has 8 nitrogen and oxygen atoms in total. The highest BCUT2D eigenvalue weighted by molar-refractivity contribution is 6.11. The fourth-order valence-electron chi connectivity index (χ4n) is 5.82. The number of alkyl carbamates (subject to hydrolysis) is 1. The number of aromatic nitrogens is 1. The Hall–Kier alpha value is -4.74. The molecule has 5 rings (SSSR count). The third-order valence-electron chi connectivity index (χ3n) is 7.82. The number of ether oxygens (including phenoxy) is 3. The second-order valence-corrected chi connectivity index (χ2v) is 12.1. The van der Waals surface area contributed by atoms with E-state index >= 15 is 4.39 Å². The summed E-state index contributed by atoms with van der Waals surface area (Å²) in [7, 11) is 2.99. The number of hydrogen-bond acceptors (Lipinski definition) is 5. The molecule has 3 N–H and O–H groups in total. The molecule has 2 amide bonds. The van der Waals surface area contributed by atoms with Crippen LogP contribution in [-0.4, -0.2) is 42.8 Å². The van der Waals surface area contributed by atoms with Gasteiger partial charge in [-0.1, -0.05) is 18.2 Å². The van der Waals surface area contributed by atoms with Crippen LogP contribution in [0.1, 0.15) is 59.9 Å². The molecule has 0 fully saturated rings. The van der Waals surface area contributed by atoms with E-state index in [4.69, 9.17) is 14.2 Å². The summed E-state index contributed by atoms with van der Waals surface area (Å²) in [4.78, 5) is 29.4. The van der Waals surface area contributed by atoms with Crippen molar-refractivity contribution in [2.24, 2.45) is 0 Å². The summed E-state index contributed by atoms with van der Waals surface area (Å²) in [6.45, 7) is 5.22. The number of aryl methyl sites for hydroxylation is 1. The molecule has 12 heteroatoms. The van der Waals surface area contributed by atoms with Crippen molar-refractivity contribution in [3.63, 3.8) is 0 Å². The lowest BCUT2D eigenvalue weighted by Crippen LogP contribution is -2.41. The first-order valence-corrected chi connectivity index (χ1v) is 14.7. The minimum atomic E-state index is -4.76. The standard InChI is InChI=1S/C34H35F4N3O5/c1-33(2,3)46-32(43)40-19-11-13-26-22(14-19)29-28(21-8-6-7-9-24(21)34(36,37)38)25(35)16-23(30(29)41-26)31(42)39-17-18-10-12-20(44-4)15-27(18)45-5/h6-10,12,15-16,19,41H,11,13-14,17H2,1-5H3,(H,39,42)(H,40,43). The molecule has 1 aliphatic carbocycles. The van der Waals surface area contributed by atoms with Gasteiger partial charge in [0.05, 0.1) is 30.9 Å². The second-order valence-electron chi connectivity index (χ2n) is 12.1. The van der Waals surface area contributed by atoms with Crippen LogP contribution in [0.25, 0.3) is 22.0 Å². The number of fused-ring (bicyclic) bond motifs is 3. The number of aromatic amines is 1. The smallest absolute Gasteiger partial charge is 0.417 e. The molecule has 1 unspecified atom stereocenters. The molecule has 244 valence electrons. The largest absolute Gasteiger partial charge is 0.497 e. The normalized spacial score (nSPS) is 14.8. The van der Waals surface area contributed by atoms with Gasteiger partial charge in [-0.25, -0.2) is 9.18 Å². The molecular formula is C34H35F4N3O5. The van der Waals surface area contributed by atoms with E-state index in [1.165, 1.54) is 32.4 Å². The molecule has 1 aromatic heterocycles. The number of benzene rings is 3. The average molecular weight is 642 g/mol. The highest BCUT2D eigenvalue weighted by Crippen LogP contribution is 2.44. The van der Waals surface area contributed by atoms with Crippen molar-refractivity contribution in [1.82, 2.24) is 15.6 Å². The fraction of sp³-hybridized carbons (Fsp3) is 0.353. The van der Waals surface area contributed by atoms with Crippen LogP contribution < -0.4 is 20.1 Å². The number of carbonyl (C=O) groups is 2. The van der Waals surface area contributed by atoms with E-state index in [2.05, 4.69) is 15.6 Å². The lowest BCUT2D eigenvalue weighted by atomic mass is 9.87. The Bertz CT molecular complexity index is 1790. The van der Waals surface area contributed by atoms with Crippen molar-refractivity contribution in [2.45, 2.75) is 64.4 Å². The molecule has 3 aromatic carbocycles. The third-order valence-corrected chi connectivity index (χ3v) is 7.82. The van der Waals surface area contributed by atoms with Gasteiger partial charge in [0.1, 0.15) is 22.9 Å². The number of hydrogen-bond donors (Lipinski definition) is 3. The van der Waals surface area contributed by atoms with Gasteiger partial charge in [-0.15, -0.1) is 0 Å². The summed E-state index contributed by atoms with van der Waals surface area (Å²) in [6.07, 6.45) is -4.32. The van der Waals surface area contributed by atoms with Crippen LogP contribution in [0.3, 0.4) is 0 Å². The molecule has 46 heavy (non-hydrogen) atoms. The molecule has 1 aliphatic rings. The van der Waals surface area contributed by atoms with Crippen LogP contribution in [-0.2, 0) is 30.3 Å². The van der Waals surface area contributed by atoms with Crippen molar-refractivity contribution < 1.29 is 41.4 Å². The molecule has 0 saturated heterocycles. The lowest BCUT2D eigenvalue weighted by molar-refractivity contribution is -0.137. The zero-order valence-corrected chi connectivity index (χ0v) is 26.1. The summed E-state index contributed by atoms with van der Waals surface area (Å²) in [5, 5.41) is 5.77. The van der Waals surface area contributed by atoms with E-state index in [1.807, 2.05) is 0 Å². The lowest BCUT2D eigenvalue weighted by Gasteiger charge is -2.26. The number of carbonyl (C=O) groups excluding carboxylic acids is 2. The Kier molecular flexibility index (Phi) is 8.92. The van der Waals surface area contributed by atoms with Crippen LogP contribution in [0, 0.1) is 5.82 Å². The van der Waals surface area contributed by atoms with Gasteiger partial charge in [0, 0.05) is 40.9 Å². The summed E-state index contributed by atoms with van der Waals surface area (Å²) in [5.74, 6) is -0.601. The SMILES string of the molecule is COc1ccc(CNC(=O)c2cc(F)c(-c3ccccc3C(F)(F)F)c3c4c([nH]c23)CCC(NC(=O)OC(C)(C)C)C4)c(OC)c1. The van der Waals surface area contributed by atoms with Crippen molar-refractivity contribution in [3.8, 4) is 22.6 Å². The molecule has 0 saturated carbocycles. The van der Waals surface area contributed by atoms with Gasteiger partial charge >= 0.3 is 12.3 Å². The van der Waals surface area contributed by atoms with E-state index in [-0.39, 0.29) is 40.6 Å². The monoisotopic (exact) mass is 641 g/mol. The summed E-state index contributed by atoms with van der Waals surface area (Å²) in [6, 6.07) is 10.4. The molecular weight excluding hydrogens is 606 g/mol. The second kappa shape index (κ2) is 12.6. The van der Waals surface area contributed by atoms with Crippen LogP contribution >= 0.6 is 0 Å². The van der Waals surface area contributed by atoms with Gasteiger partial charge in [-0.3, -0.25) is 4.79 Å². The first kappa shape index (κ1) is 32.6. The van der Waals surface area contributed by atoms with Crippen molar-refractivity contribution >= 4 is 22.9 Å². The number of rotatable bonds is 7. The zero-order valence-electron chi connectivity index (χ0n) is 26.1. The van der Waals surface area contributed by atoms with Gasteiger partial charge < -0.3 is 29.8 Å². The molecule has 0 spiro atoms. The highest BCUT2D eigenvalue weighted by atomic mass is 19.4. The van der Waals surface area contributed by atoms with E-state index in [9.17, 15) is 22.8 Å². The van der Waals surface area contributed by atoms with Crippen molar-refractivity contribution in [1.29, 1.82) is 0 Å². The number of methoxy groups -OCH3 is 2. The van der Waals surface area contributed by atoms with Gasteiger partial charge in [-0.05, 0) is 75.4 Å². The highest BCUT2D eigenvalue weighted by Gasteiger charge is 2.36. The topological polar surface area (TPSA) is 102 Å². The minimum Gasteiger partial charge on any atom is -0.497 e. The van der Waals surface area contributed by atoms with Gasteiger partial charge in [-0.2, -0.15) is 13.2 Å². The van der Waals surface area contributed by atoms with Gasteiger partial charge in [0.25, 0.3) is 5.91 Å². The molecule has 4 aromatic rings. The maximum absolute atomic E-state index is 16.2. The quantitative estimate of drug-likeness (QED) is 0.184. The maximum atomic E-state index is 16.2. The number of alkyl halides is 3. The number of amides is 2. The summed E-state index contributed by atoms with van der Waals surface area (Å²) < 4.78 is 74.8. The Morgan fingerprint density at radius 1 is 1.02 bits per heavy atom. The Morgan fingerprint density at radius 2 is 1.76 bits per heavy atom. The number of H-pyrrole nitrogens is 1. The first-order valence-electron chi connectivity index (χ1n) is 14.7. The van der Waals surface area contributed by atoms with E-state index in [0.717, 1.165) is 12.1 Å². The van der Waals surface area contributed by atoms with Crippen LogP contribution in [0.15, 0.2) is 48.5 Å². The molecule has 1 atom stereocenters. The maximum Gasteiger partial charge on any atom is 0.417 e. The molecule has 1 heterocycles. The van der Waals surface area contributed by atoms with Crippen LogP contribution in [0.5, 0.6) is 11.5 Å². The van der Waals surface area contributed by atoms with E-state index in [1.54, 1.807) is 39.0 Å². The predicted molar refractivity (Wildman–Crippen MR) is 165 cm³/mol. The number of nitrogens with one attached hydrogen (secondary N) is 3. The third kappa shape index (κ3) is 6.75. The predicted octanol–water partition coefficient (Wildman–Crippen LogP) is 7.32. The molecule has 0 radical (unpaired) electrons. The summed E-state index contributed by atoms with van der Waals surface area (Å²) in [5.41, 5.74) is -0.420. The number of halogens is 4. The van der Waals surface area contributed by atoms with E-state index in [0.29, 0.717) is 41.2 Å².